The number of carbonyl (C=O) groups is 1. The van der Waals surface area contributed by atoms with Crippen LogP contribution in [0.15, 0.2) is 41.3 Å². The molecule has 0 unspecified atom stereocenters. The molecule has 0 aromatic heterocycles. The van der Waals surface area contributed by atoms with Crippen molar-refractivity contribution < 1.29 is 9.18 Å². The van der Waals surface area contributed by atoms with Gasteiger partial charge < -0.3 is 0 Å². The van der Waals surface area contributed by atoms with Gasteiger partial charge >= 0.3 is 0 Å². The van der Waals surface area contributed by atoms with Crippen molar-refractivity contribution in [2.75, 3.05) is 4.90 Å². The highest BCUT2D eigenvalue weighted by Gasteiger charge is 2.34. The minimum Gasteiger partial charge on any atom is -0.268 e. The second-order valence-corrected chi connectivity index (χ2v) is 7.53. The first kappa shape index (κ1) is 17.1. The molecule has 0 atom stereocenters. The Morgan fingerprint density at radius 1 is 1.25 bits per heavy atom. The van der Waals surface area contributed by atoms with E-state index in [2.05, 4.69) is 0 Å². The summed E-state index contributed by atoms with van der Waals surface area (Å²) in [7, 11) is 0. The van der Waals surface area contributed by atoms with Crippen molar-refractivity contribution in [3.8, 4) is 0 Å². The molecule has 1 aliphatic heterocycles. The zero-order valence-corrected chi connectivity index (χ0v) is 15.4. The maximum Gasteiger partial charge on any atom is 0.270 e. The minimum absolute atomic E-state index is 0.195. The van der Waals surface area contributed by atoms with Gasteiger partial charge in [-0.1, -0.05) is 59.3 Å². The van der Waals surface area contributed by atoms with Crippen LogP contribution >= 0.6 is 35.6 Å². The predicted octanol–water partition coefficient (Wildman–Crippen LogP) is 5.50. The third-order valence-electron chi connectivity index (χ3n) is 3.66. The summed E-state index contributed by atoms with van der Waals surface area (Å²) in [5.41, 5.74) is 3.00. The molecule has 24 heavy (non-hydrogen) atoms. The number of carbonyl (C=O) groups excluding carboxylic acids is 1. The molecule has 0 spiro atoms. The SMILES string of the molecule is Cc1ccc(N2C(=O)/C(=C\c3c(F)cccc3Cl)SC2=S)c(C)c1. The quantitative estimate of drug-likeness (QED) is 0.509. The average Bonchev–Trinajstić information content (AvgIpc) is 2.78. The van der Waals surface area contributed by atoms with Gasteiger partial charge in [0.15, 0.2) is 4.32 Å². The van der Waals surface area contributed by atoms with Gasteiger partial charge in [0.1, 0.15) is 5.82 Å². The molecule has 0 N–H and O–H groups in total. The molecule has 6 heteroatoms. The van der Waals surface area contributed by atoms with Crippen LogP contribution in [0.1, 0.15) is 16.7 Å². The van der Waals surface area contributed by atoms with Gasteiger partial charge in [0.05, 0.1) is 15.6 Å². The number of thiocarbonyl (C=S) groups is 1. The van der Waals surface area contributed by atoms with Gasteiger partial charge in [0, 0.05) is 5.56 Å². The summed E-state index contributed by atoms with van der Waals surface area (Å²) in [6.07, 6.45) is 1.46. The van der Waals surface area contributed by atoms with E-state index < -0.39 is 5.82 Å². The van der Waals surface area contributed by atoms with Crippen molar-refractivity contribution in [2.24, 2.45) is 0 Å². The van der Waals surface area contributed by atoms with Crippen molar-refractivity contribution in [3.05, 3.63) is 68.8 Å². The van der Waals surface area contributed by atoms with Crippen LogP contribution in [0, 0.1) is 19.7 Å². The molecule has 1 heterocycles. The molecule has 122 valence electrons. The highest BCUT2D eigenvalue weighted by molar-refractivity contribution is 8.27. The smallest absolute Gasteiger partial charge is 0.268 e. The molecule has 0 aliphatic carbocycles. The maximum atomic E-state index is 14.0. The second kappa shape index (κ2) is 6.67. The number of nitrogens with zero attached hydrogens (tertiary/aromatic N) is 1. The molecule has 0 radical (unpaired) electrons. The van der Waals surface area contributed by atoms with Crippen LogP contribution in [0.5, 0.6) is 0 Å². The van der Waals surface area contributed by atoms with Crippen molar-refractivity contribution in [3.63, 3.8) is 0 Å². The lowest BCUT2D eigenvalue weighted by molar-refractivity contribution is -0.113. The molecule has 1 saturated heterocycles. The Labute approximate surface area is 154 Å². The fourth-order valence-electron chi connectivity index (χ4n) is 2.51. The van der Waals surface area contributed by atoms with Crippen LogP contribution in [-0.4, -0.2) is 10.2 Å². The monoisotopic (exact) mass is 377 g/mol. The van der Waals surface area contributed by atoms with Crippen LogP contribution in [0.4, 0.5) is 10.1 Å². The fourth-order valence-corrected chi connectivity index (χ4v) is 4.00. The first-order valence-corrected chi connectivity index (χ1v) is 8.78. The largest absolute Gasteiger partial charge is 0.270 e. The Bertz CT molecular complexity index is 874. The number of hydrogen-bond donors (Lipinski definition) is 0. The summed E-state index contributed by atoms with van der Waals surface area (Å²) in [4.78, 5) is 14.6. The summed E-state index contributed by atoms with van der Waals surface area (Å²) in [6.45, 7) is 3.92. The number of anilines is 1. The molecule has 1 aliphatic rings. The Morgan fingerprint density at radius 3 is 2.67 bits per heavy atom. The number of aryl methyl sites for hydroxylation is 2. The third-order valence-corrected chi connectivity index (χ3v) is 5.29. The second-order valence-electron chi connectivity index (χ2n) is 5.44. The molecule has 2 aromatic carbocycles. The van der Waals surface area contributed by atoms with Crippen molar-refractivity contribution in [1.29, 1.82) is 0 Å². The zero-order chi connectivity index (χ0) is 17.4. The van der Waals surface area contributed by atoms with Crippen LogP contribution in [0.25, 0.3) is 6.08 Å². The predicted molar refractivity (Wildman–Crippen MR) is 103 cm³/mol. The van der Waals surface area contributed by atoms with Crippen molar-refractivity contribution in [2.45, 2.75) is 13.8 Å². The highest BCUT2D eigenvalue weighted by atomic mass is 35.5. The van der Waals surface area contributed by atoms with Crippen LogP contribution in [-0.2, 0) is 4.79 Å². The van der Waals surface area contributed by atoms with Gasteiger partial charge in [-0.15, -0.1) is 0 Å². The van der Waals surface area contributed by atoms with E-state index in [0.717, 1.165) is 28.6 Å². The zero-order valence-electron chi connectivity index (χ0n) is 13.0. The molecule has 0 bridgehead atoms. The van der Waals surface area contributed by atoms with Gasteiger partial charge in [-0.3, -0.25) is 9.69 Å². The van der Waals surface area contributed by atoms with E-state index in [1.165, 1.54) is 23.1 Å². The van der Waals surface area contributed by atoms with Gasteiger partial charge in [0.25, 0.3) is 5.91 Å². The molecule has 3 rings (SSSR count). The number of thioether (sulfide) groups is 1. The van der Waals surface area contributed by atoms with Crippen LogP contribution < -0.4 is 4.90 Å². The normalized spacial score (nSPS) is 16.3. The van der Waals surface area contributed by atoms with E-state index >= 15 is 0 Å². The molecule has 1 fully saturated rings. The maximum absolute atomic E-state index is 14.0. The minimum atomic E-state index is -0.473. The number of rotatable bonds is 2. The van der Waals surface area contributed by atoms with Gasteiger partial charge in [0.2, 0.25) is 0 Å². The van der Waals surface area contributed by atoms with Crippen LogP contribution in [0.3, 0.4) is 0 Å². The van der Waals surface area contributed by atoms with E-state index in [4.69, 9.17) is 23.8 Å². The molecular formula is C18H13ClFNOS2. The molecule has 1 amide bonds. The number of hydrogen-bond acceptors (Lipinski definition) is 3. The van der Waals surface area contributed by atoms with Gasteiger partial charge in [-0.25, -0.2) is 4.39 Å². The Hall–Kier alpha value is -1.69. The fraction of sp³-hybridized carbons (Fsp3) is 0.111. The van der Waals surface area contributed by atoms with E-state index in [1.54, 1.807) is 6.07 Å². The molecule has 2 nitrogen and oxygen atoms in total. The lowest BCUT2D eigenvalue weighted by atomic mass is 10.1. The van der Waals surface area contributed by atoms with E-state index in [0.29, 0.717) is 9.23 Å². The Morgan fingerprint density at radius 2 is 2.00 bits per heavy atom. The first-order chi connectivity index (χ1) is 11.4. The van der Waals surface area contributed by atoms with Gasteiger partial charge in [-0.2, -0.15) is 0 Å². The summed E-state index contributed by atoms with van der Waals surface area (Å²) in [6, 6.07) is 10.2. The first-order valence-electron chi connectivity index (χ1n) is 7.17. The lowest BCUT2D eigenvalue weighted by Crippen LogP contribution is -2.28. The lowest BCUT2D eigenvalue weighted by Gasteiger charge is -2.17. The summed E-state index contributed by atoms with van der Waals surface area (Å²) >= 11 is 12.5. The van der Waals surface area contributed by atoms with Crippen molar-refractivity contribution in [1.82, 2.24) is 0 Å². The standard InChI is InChI=1S/C18H13ClFNOS2/c1-10-6-7-15(11(2)8-10)21-17(22)16(24-18(21)23)9-12-13(19)4-3-5-14(12)20/h3-9H,1-2H3/b16-9+. The molecule has 0 saturated carbocycles. The summed E-state index contributed by atoms with van der Waals surface area (Å²) < 4.78 is 14.4. The molecular weight excluding hydrogens is 365 g/mol. The van der Waals surface area contributed by atoms with E-state index in [9.17, 15) is 9.18 Å². The number of benzene rings is 2. The van der Waals surface area contributed by atoms with E-state index in [-0.39, 0.29) is 16.5 Å². The molecule has 2 aromatic rings. The third kappa shape index (κ3) is 3.11. The number of amides is 1. The average molecular weight is 378 g/mol. The highest BCUT2D eigenvalue weighted by Crippen LogP contribution is 2.38. The Balaban J connectivity index is 2.02. The van der Waals surface area contributed by atoms with E-state index in [1.807, 2.05) is 32.0 Å². The van der Waals surface area contributed by atoms with Gasteiger partial charge in [-0.05, 0) is 43.7 Å². The Kier molecular flexibility index (Phi) is 4.76. The summed E-state index contributed by atoms with van der Waals surface area (Å²) in [5, 5.41) is 0.256. The van der Waals surface area contributed by atoms with Crippen LogP contribution in [0.2, 0.25) is 5.02 Å². The topological polar surface area (TPSA) is 20.3 Å². The summed E-state index contributed by atoms with van der Waals surface area (Å²) in [5.74, 6) is -0.740. The van der Waals surface area contributed by atoms with Crippen molar-refractivity contribution >= 4 is 57.6 Å². The number of halogens is 2.